The Labute approximate surface area is 109 Å². The van der Waals surface area contributed by atoms with Crippen molar-refractivity contribution in [3.05, 3.63) is 27.5 Å². The molecule has 0 bridgehead atoms. The number of aromatic amines is 1. The van der Waals surface area contributed by atoms with Gasteiger partial charge in [-0.25, -0.2) is 19.9 Å². The van der Waals surface area contributed by atoms with Crippen molar-refractivity contribution in [2.75, 3.05) is 0 Å². The van der Waals surface area contributed by atoms with Crippen LogP contribution in [0.25, 0.3) is 0 Å². The molecule has 0 aromatic carbocycles. The molecule has 0 aliphatic heterocycles. The van der Waals surface area contributed by atoms with E-state index in [4.69, 9.17) is 0 Å². The second-order valence-corrected chi connectivity index (χ2v) is 5.50. The molecule has 1 aliphatic carbocycles. The van der Waals surface area contributed by atoms with Crippen LogP contribution in [-0.2, 0) is 0 Å². The second kappa shape index (κ2) is 4.26. The Morgan fingerprint density at radius 1 is 1.53 bits per heavy atom. The molecule has 0 amide bonds. The molecule has 6 nitrogen and oxygen atoms in total. The Bertz CT molecular complexity index is 605. The molecule has 2 aromatic rings. The summed E-state index contributed by atoms with van der Waals surface area (Å²) in [4.78, 5) is 19.6. The van der Waals surface area contributed by atoms with E-state index in [1.54, 1.807) is 10.8 Å². The maximum Gasteiger partial charge on any atom is 0.344 e. The lowest BCUT2D eigenvalue weighted by Gasteiger charge is -2.03. The SMILES string of the molecule is O=c1[nH]nc(Sc2ncncc2Br)n1C1CC1. The summed E-state index contributed by atoms with van der Waals surface area (Å²) in [7, 11) is 0. The fourth-order valence-corrected chi connectivity index (χ4v) is 2.79. The van der Waals surface area contributed by atoms with E-state index >= 15 is 0 Å². The molecular formula is C9H8BrN5OS. The maximum atomic E-state index is 11.6. The Balaban J connectivity index is 1.96. The predicted octanol–water partition coefficient (Wildman–Crippen LogP) is 1.61. The van der Waals surface area contributed by atoms with Gasteiger partial charge in [0.1, 0.15) is 11.4 Å². The van der Waals surface area contributed by atoms with E-state index in [0.717, 1.165) is 22.3 Å². The van der Waals surface area contributed by atoms with Crippen molar-refractivity contribution in [2.45, 2.75) is 29.1 Å². The second-order valence-electron chi connectivity index (χ2n) is 3.69. The predicted molar refractivity (Wildman–Crippen MR) is 65.0 cm³/mol. The summed E-state index contributed by atoms with van der Waals surface area (Å²) in [6.07, 6.45) is 5.22. The first kappa shape index (κ1) is 11.0. The van der Waals surface area contributed by atoms with E-state index in [2.05, 4.69) is 36.1 Å². The van der Waals surface area contributed by atoms with Gasteiger partial charge in [0.05, 0.1) is 4.47 Å². The molecule has 0 atom stereocenters. The molecule has 3 rings (SSSR count). The molecule has 1 fully saturated rings. The molecule has 17 heavy (non-hydrogen) atoms. The van der Waals surface area contributed by atoms with Crippen LogP contribution in [0.2, 0.25) is 0 Å². The largest absolute Gasteiger partial charge is 0.344 e. The van der Waals surface area contributed by atoms with E-state index in [9.17, 15) is 4.79 Å². The van der Waals surface area contributed by atoms with Crippen LogP contribution in [-0.4, -0.2) is 24.7 Å². The van der Waals surface area contributed by atoms with Crippen LogP contribution >= 0.6 is 27.7 Å². The summed E-state index contributed by atoms with van der Waals surface area (Å²) >= 11 is 4.72. The van der Waals surface area contributed by atoms with Crippen LogP contribution in [0.3, 0.4) is 0 Å². The summed E-state index contributed by atoms with van der Waals surface area (Å²) in [6.45, 7) is 0. The van der Waals surface area contributed by atoms with Crippen molar-refractivity contribution in [1.29, 1.82) is 0 Å². The molecule has 0 saturated heterocycles. The van der Waals surface area contributed by atoms with Gasteiger partial charge in [-0.3, -0.25) is 4.57 Å². The third kappa shape index (κ3) is 2.14. The van der Waals surface area contributed by atoms with Crippen LogP contribution in [0.15, 0.2) is 32.0 Å². The standard InChI is InChI=1S/C9H8BrN5OS/c10-6-3-11-4-12-7(6)17-9-14-13-8(16)15(9)5-1-2-5/h3-5H,1-2H2,(H,13,16). The average molecular weight is 314 g/mol. The Morgan fingerprint density at radius 3 is 3.06 bits per heavy atom. The number of rotatable bonds is 3. The van der Waals surface area contributed by atoms with Crippen molar-refractivity contribution < 1.29 is 0 Å². The normalized spacial score (nSPS) is 15.1. The first-order valence-corrected chi connectivity index (χ1v) is 6.67. The minimum atomic E-state index is -0.153. The van der Waals surface area contributed by atoms with E-state index in [-0.39, 0.29) is 5.69 Å². The summed E-state index contributed by atoms with van der Waals surface area (Å²) in [5.74, 6) is 0. The lowest BCUT2D eigenvalue weighted by atomic mass is 10.7. The van der Waals surface area contributed by atoms with Gasteiger partial charge in [-0.05, 0) is 40.5 Å². The Kier molecular flexibility index (Phi) is 2.75. The molecule has 8 heteroatoms. The highest BCUT2D eigenvalue weighted by molar-refractivity contribution is 9.10. The maximum absolute atomic E-state index is 11.6. The number of hydrogen-bond acceptors (Lipinski definition) is 5. The molecule has 2 heterocycles. The van der Waals surface area contributed by atoms with Crippen molar-refractivity contribution in [2.24, 2.45) is 0 Å². The van der Waals surface area contributed by atoms with Crippen LogP contribution in [0.4, 0.5) is 0 Å². The average Bonchev–Trinajstić information content (AvgIpc) is 3.08. The summed E-state index contributed by atoms with van der Waals surface area (Å²) in [5, 5.41) is 7.90. The van der Waals surface area contributed by atoms with E-state index in [1.807, 2.05) is 0 Å². The molecule has 1 saturated carbocycles. The highest BCUT2D eigenvalue weighted by Gasteiger charge is 2.29. The molecule has 1 N–H and O–H groups in total. The summed E-state index contributed by atoms with van der Waals surface area (Å²) in [5.41, 5.74) is -0.153. The van der Waals surface area contributed by atoms with Gasteiger partial charge in [0.25, 0.3) is 0 Å². The topological polar surface area (TPSA) is 76.5 Å². The zero-order chi connectivity index (χ0) is 11.8. The van der Waals surface area contributed by atoms with E-state index in [0.29, 0.717) is 11.2 Å². The van der Waals surface area contributed by atoms with E-state index in [1.165, 1.54) is 18.1 Å². The third-order valence-electron chi connectivity index (χ3n) is 2.41. The molecule has 0 spiro atoms. The lowest BCUT2D eigenvalue weighted by Crippen LogP contribution is -2.16. The van der Waals surface area contributed by atoms with Crippen LogP contribution < -0.4 is 5.69 Å². The van der Waals surface area contributed by atoms with Gasteiger partial charge in [0, 0.05) is 12.2 Å². The molecule has 1 aliphatic rings. The lowest BCUT2D eigenvalue weighted by molar-refractivity contribution is 0.642. The summed E-state index contributed by atoms with van der Waals surface area (Å²) < 4.78 is 2.49. The number of halogens is 1. The fraction of sp³-hybridized carbons (Fsp3) is 0.333. The number of nitrogens with zero attached hydrogens (tertiary/aromatic N) is 4. The monoisotopic (exact) mass is 313 g/mol. The van der Waals surface area contributed by atoms with Gasteiger partial charge in [-0.15, -0.1) is 5.10 Å². The highest BCUT2D eigenvalue weighted by atomic mass is 79.9. The minimum absolute atomic E-state index is 0.153. The molecule has 88 valence electrons. The smallest absolute Gasteiger partial charge is 0.267 e. The first-order chi connectivity index (χ1) is 8.25. The highest BCUT2D eigenvalue weighted by Crippen LogP contribution is 2.38. The van der Waals surface area contributed by atoms with Crippen LogP contribution in [0, 0.1) is 0 Å². The molecule has 0 unspecified atom stereocenters. The van der Waals surface area contributed by atoms with Gasteiger partial charge in [0.15, 0.2) is 5.16 Å². The van der Waals surface area contributed by atoms with Gasteiger partial charge in [0.2, 0.25) is 0 Å². The third-order valence-corrected chi connectivity index (χ3v) is 4.24. The Morgan fingerprint density at radius 2 is 2.35 bits per heavy atom. The number of nitrogens with one attached hydrogen (secondary N) is 1. The van der Waals surface area contributed by atoms with Gasteiger partial charge in [-0.2, -0.15) is 0 Å². The first-order valence-electron chi connectivity index (χ1n) is 5.06. The molecular weight excluding hydrogens is 306 g/mol. The number of H-pyrrole nitrogens is 1. The van der Waals surface area contributed by atoms with E-state index < -0.39 is 0 Å². The number of hydrogen-bond donors (Lipinski definition) is 1. The van der Waals surface area contributed by atoms with Crippen molar-refractivity contribution in [1.82, 2.24) is 24.7 Å². The van der Waals surface area contributed by atoms with Gasteiger partial charge in [-0.1, -0.05) is 0 Å². The Hall–Kier alpha value is -1.15. The van der Waals surface area contributed by atoms with Crippen molar-refractivity contribution >= 4 is 27.7 Å². The van der Waals surface area contributed by atoms with Gasteiger partial charge >= 0.3 is 5.69 Å². The van der Waals surface area contributed by atoms with Crippen LogP contribution in [0.1, 0.15) is 18.9 Å². The molecule has 2 aromatic heterocycles. The quantitative estimate of drug-likeness (QED) is 0.871. The zero-order valence-corrected chi connectivity index (χ0v) is 11.0. The van der Waals surface area contributed by atoms with Crippen molar-refractivity contribution in [3.8, 4) is 0 Å². The zero-order valence-electron chi connectivity index (χ0n) is 8.63. The number of aromatic nitrogens is 5. The van der Waals surface area contributed by atoms with Gasteiger partial charge < -0.3 is 0 Å². The van der Waals surface area contributed by atoms with Crippen molar-refractivity contribution in [3.63, 3.8) is 0 Å². The summed E-state index contributed by atoms with van der Waals surface area (Å²) in [6, 6.07) is 0.296. The minimum Gasteiger partial charge on any atom is -0.267 e. The fourth-order valence-electron chi connectivity index (χ4n) is 1.48. The molecule has 0 radical (unpaired) electrons. The van der Waals surface area contributed by atoms with Crippen LogP contribution in [0.5, 0.6) is 0 Å².